The van der Waals surface area contributed by atoms with E-state index >= 15 is 0 Å². The molecule has 0 bridgehead atoms. The lowest BCUT2D eigenvalue weighted by Gasteiger charge is -2.28. The fraction of sp³-hybridized carbons (Fsp3) is 0.450. The van der Waals surface area contributed by atoms with E-state index in [2.05, 4.69) is 15.3 Å². The largest absolute Gasteiger partial charge is 0.444 e. The van der Waals surface area contributed by atoms with Crippen molar-refractivity contribution in [3.63, 3.8) is 0 Å². The summed E-state index contributed by atoms with van der Waals surface area (Å²) >= 11 is 5.94. The van der Waals surface area contributed by atoms with E-state index in [1.165, 1.54) is 0 Å². The molecular formula is C20H25ClN4O2. The third-order valence-electron chi connectivity index (χ3n) is 4.20. The Labute approximate surface area is 164 Å². The van der Waals surface area contributed by atoms with Gasteiger partial charge in [0.15, 0.2) is 0 Å². The molecule has 1 aliphatic rings. The van der Waals surface area contributed by atoms with E-state index in [0.717, 1.165) is 24.2 Å². The first-order valence-corrected chi connectivity index (χ1v) is 9.47. The number of benzene rings is 1. The van der Waals surface area contributed by atoms with Crippen molar-refractivity contribution >= 4 is 29.2 Å². The molecule has 2 aromatic rings. The van der Waals surface area contributed by atoms with Crippen LogP contribution in [0.15, 0.2) is 30.3 Å². The highest BCUT2D eigenvalue weighted by molar-refractivity contribution is 6.30. The number of ether oxygens (including phenoxy) is 1. The molecule has 0 spiro atoms. The molecule has 6 nitrogen and oxygen atoms in total. The highest BCUT2D eigenvalue weighted by atomic mass is 35.5. The van der Waals surface area contributed by atoms with Crippen molar-refractivity contribution < 1.29 is 9.53 Å². The molecule has 144 valence electrons. The van der Waals surface area contributed by atoms with Crippen LogP contribution in [0.2, 0.25) is 5.02 Å². The number of nitrogens with zero attached hydrogens (tertiary/aromatic N) is 3. The van der Waals surface area contributed by atoms with Gasteiger partial charge in [0.05, 0.1) is 11.7 Å². The third kappa shape index (κ3) is 5.10. The van der Waals surface area contributed by atoms with E-state index < -0.39 is 5.60 Å². The van der Waals surface area contributed by atoms with Gasteiger partial charge in [-0.05, 0) is 64.8 Å². The molecule has 27 heavy (non-hydrogen) atoms. The van der Waals surface area contributed by atoms with Crippen molar-refractivity contribution in [2.75, 3.05) is 11.9 Å². The Bertz CT molecular complexity index is 818. The maximum absolute atomic E-state index is 12.6. The number of hydrogen-bond donors (Lipinski definition) is 1. The topological polar surface area (TPSA) is 67.4 Å². The second-order valence-corrected chi connectivity index (χ2v) is 8.13. The number of aromatic nitrogens is 2. The Balaban J connectivity index is 1.82. The molecule has 1 saturated heterocycles. The fourth-order valence-electron chi connectivity index (χ4n) is 3.12. The van der Waals surface area contributed by atoms with Crippen molar-refractivity contribution in [3.8, 4) is 0 Å². The van der Waals surface area contributed by atoms with Crippen LogP contribution >= 0.6 is 11.6 Å². The predicted octanol–water partition coefficient (Wildman–Crippen LogP) is 5.25. The zero-order valence-corrected chi connectivity index (χ0v) is 16.9. The zero-order valence-electron chi connectivity index (χ0n) is 16.1. The van der Waals surface area contributed by atoms with Crippen molar-refractivity contribution in [2.45, 2.75) is 52.2 Å². The Hall–Kier alpha value is -2.34. The van der Waals surface area contributed by atoms with Crippen LogP contribution in [-0.2, 0) is 4.74 Å². The highest BCUT2D eigenvalue weighted by Gasteiger charge is 2.34. The Morgan fingerprint density at radius 1 is 1.26 bits per heavy atom. The number of aryl methyl sites for hydroxylation is 1. The Kier molecular flexibility index (Phi) is 5.56. The molecule has 1 N–H and O–H groups in total. The Morgan fingerprint density at radius 2 is 1.96 bits per heavy atom. The first kappa shape index (κ1) is 19.4. The molecule has 1 atom stereocenters. The number of likely N-dealkylation sites (tertiary alicyclic amines) is 1. The molecule has 0 saturated carbocycles. The fourth-order valence-corrected chi connectivity index (χ4v) is 3.25. The van der Waals surface area contributed by atoms with Crippen LogP contribution in [-0.4, -0.2) is 33.1 Å². The van der Waals surface area contributed by atoms with Crippen LogP contribution in [0.25, 0.3) is 0 Å². The van der Waals surface area contributed by atoms with Gasteiger partial charge in [-0.15, -0.1) is 0 Å². The molecule has 1 aliphatic heterocycles. The smallest absolute Gasteiger partial charge is 0.410 e. The summed E-state index contributed by atoms with van der Waals surface area (Å²) in [5.74, 6) is 1.34. The van der Waals surface area contributed by atoms with Crippen molar-refractivity contribution in [1.29, 1.82) is 0 Å². The van der Waals surface area contributed by atoms with E-state index in [-0.39, 0.29) is 12.1 Å². The molecule has 7 heteroatoms. The second kappa shape index (κ2) is 7.72. The second-order valence-electron chi connectivity index (χ2n) is 7.69. The summed E-state index contributed by atoms with van der Waals surface area (Å²) in [5.41, 5.74) is 1.19. The van der Waals surface area contributed by atoms with Gasteiger partial charge in [-0.2, -0.15) is 0 Å². The maximum Gasteiger partial charge on any atom is 0.410 e. The van der Waals surface area contributed by atoms with E-state index in [9.17, 15) is 4.79 Å². The SMILES string of the molecule is Cc1nc(Nc2ccc(Cl)cc2)cc([C@H]2CCCN2C(=O)OC(C)(C)C)n1. The lowest BCUT2D eigenvalue weighted by molar-refractivity contribution is 0.0221. The van der Waals surface area contributed by atoms with Gasteiger partial charge in [0, 0.05) is 23.3 Å². The molecule has 0 unspecified atom stereocenters. The van der Waals surface area contributed by atoms with Gasteiger partial charge in [-0.1, -0.05) is 11.6 Å². The van der Waals surface area contributed by atoms with Crippen LogP contribution in [0.3, 0.4) is 0 Å². The van der Waals surface area contributed by atoms with Crippen LogP contribution in [0.5, 0.6) is 0 Å². The minimum Gasteiger partial charge on any atom is -0.444 e. The van der Waals surface area contributed by atoms with E-state index in [0.29, 0.717) is 23.2 Å². The zero-order chi connectivity index (χ0) is 19.6. The highest BCUT2D eigenvalue weighted by Crippen LogP contribution is 2.33. The summed E-state index contributed by atoms with van der Waals surface area (Å²) in [6.45, 7) is 8.14. The minimum absolute atomic E-state index is 0.104. The number of halogens is 1. The van der Waals surface area contributed by atoms with E-state index in [4.69, 9.17) is 16.3 Å². The van der Waals surface area contributed by atoms with Gasteiger partial charge in [-0.3, -0.25) is 4.90 Å². The van der Waals surface area contributed by atoms with Gasteiger partial charge in [-0.25, -0.2) is 14.8 Å². The molecule has 0 radical (unpaired) electrons. The van der Waals surface area contributed by atoms with Gasteiger partial charge < -0.3 is 10.1 Å². The molecular weight excluding hydrogens is 364 g/mol. The third-order valence-corrected chi connectivity index (χ3v) is 4.45. The molecule has 2 heterocycles. The summed E-state index contributed by atoms with van der Waals surface area (Å²) in [5, 5.41) is 3.95. The number of anilines is 2. The molecule has 1 amide bonds. The lowest BCUT2D eigenvalue weighted by Crippen LogP contribution is -2.36. The first-order chi connectivity index (χ1) is 12.7. The number of rotatable bonds is 3. The van der Waals surface area contributed by atoms with Crippen LogP contribution < -0.4 is 5.32 Å². The summed E-state index contributed by atoms with van der Waals surface area (Å²) < 4.78 is 5.56. The predicted molar refractivity (Wildman–Crippen MR) is 106 cm³/mol. The lowest BCUT2D eigenvalue weighted by atomic mass is 10.1. The van der Waals surface area contributed by atoms with Crippen LogP contribution in [0.1, 0.15) is 51.2 Å². The minimum atomic E-state index is -0.521. The molecule has 3 rings (SSSR count). The maximum atomic E-state index is 12.6. The number of carbonyl (C=O) groups excluding carboxylic acids is 1. The van der Waals surface area contributed by atoms with Crippen molar-refractivity contribution in [1.82, 2.24) is 14.9 Å². The molecule has 1 aromatic carbocycles. The average Bonchev–Trinajstić information content (AvgIpc) is 3.05. The van der Waals surface area contributed by atoms with Crippen molar-refractivity contribution in [2.24, 2.45) is 0 Å². The number of nitrogens with one attached hydrogen (secondary N) is 1. The first-order valence-electron chi connectivity index (χ1n) is 9.09. The summed E-state index contributed by atoms with van der Waals surface area (Å²) in [6.07, 6.45) is 1.48. The summed E-state index contributed by atoms with van der Waals surface area (Å²) in [7, 11) is 0. The van der Waals surface area contributed by atoms with Gasteiger partial charge in [0.25, 0.3) is 0 Å². The van der Waals surface area contributed by atoms with Gasteiger partial charge in [0.2, 0.25) is 0 Å². The van der Waals surface area contributed by atoms with Gasteiger partial charge >= 0.3 is 6.09 Å². The summed E-state index contributed by atoms with van der Waals surface area (Å²) in [6, 6.07) is 9.21. The van der Waals surface area contributed by atoms with Crippen molar-refractivity contribution in [3.05, 3.63) is 46.9 Å². The van der Waals surface area contributed by atoms with Crippen LogP contribution in [0, 0.1) is 6.92 Å². The standard InChI is InChI=1S/C20H25ClN4O2/c1-13-22-16(12-18(23-13)24-15-9-7-14(21)8-10-15)17-6-5-11-25(17)19(26)27-20(2,3)4/h7-10,12,17H,5-6,11H2,1-4H3,(H,22,23,24)/t17-/m1/s1. The number of amides is 1. The normalized spacial score (nSPS) is 17.1. The molecule has 0 aliphatic carbocycles. The quantitative estimate of drug-likeness (QED) is 0.777. The monoisotopic (exact) mass is 388 g/mol. The average molecular weight is 389 g/mol. The molecule has 1 fully saturated rings. The molecule has 1 aromatic heterocycles. The summed E-state index contributed by atoms with van der Waals surface area (Å²) in [4.78, 5) is 23.4. The van der Waals surface area contributed by atoms with Gasteiger partial charge in [0.1, 0.15) is 17.2 Å². The van der Waals surface area contributed by atoms with Crippen LogP contribution in [0.4, 0.5) is 16.3 Å². The van der Waals surface area contributed by atoms with E-state index in [1.54, 1.807) is 4.90 Å². The Morgan fingerprint density at radius 3 is 2.63 bits per heavy atom. The number of hydrogen-bond acceptors (Lipinski definition) is 5. The number of carbonyl (C=O) groups is 1. The van der Waals surface area contributed by atoms with E-state index in [1.807, 2.05) is 58.0 Å².